The van der Waals surface area contributed by atoms with Crippen molar-refractivity contribution < 1.29 is 22.7 Å². The van der Waals surface area contributed by atoms with Crippen molar-refractivity contribution in [2.45, 2.75) is 65.1 Å². The molecule has 40 heavy (non-hydrogen) atoms. The average molecular weight is 566 g/mol. The van der Waals surface area contributed by atoms with E-state index in [0.29, 0.717) is 11.4 Å². The Morgan fingerprint density at radius 2 is 1.43 bits per heavy atom. The number of aryl methyl sites for hydroxylation is 3. The van der Waals surface area contributed by atoms with Gasteiger partial charge in [-0.05, 0) is 94.6 Å². The fourth-order valence-electron chi connectivity index (χ4n) is 4.38. The third-order valence-corrected chi connectivity index (χ3v) is 8.28. The molecule has 0 aromatic heterocycles. The van der Waals surface area contributed by atoms with Gasteiger partial charge in [0.05, 0.1) is 17.7 Å². The molecule has 0 fully saturated rings. The van der Waals surface area contributed by atoms with Crippen molar-refractivity contribution in [2.24, 2.45) is 0 Å². The number of carbonyl (C=O) groups excluding carboxylic acids is 2. The first-order valence-electron chi connectivity index (χ1n) is 13.2. The Morgan fingerprint density at radius 3 is 1.95 bits per heavy atom. The number of sulfonamides is 1. The van der Waals surface area contributed by atoms with E-state index in [2.05, 4.69) is 5.32 Å². The van der Waals surface area contributed by atoms with Crippen molar-refractivity contribution in [1.82, 2.24) is 10.2 Å². The maximum absolute atomic E-state index is 14.0. The number of nitrogens with zero attached hydrogens (tertiary/aromatic N) is 2. The van der Waals surface area contributed by atoms with E-state index >= 15 is 0 Å². The second-order valence-corrected chi connectivity index (χ2v) is 12.2. The standard InChI is InChI=1S/C31H39N3O5S/c1-21(2)32-31(36)25(6)33(19-26-10-12-28(39-7)13-11-26)30(35)20-34(27-17-23(4)16-24(5)18-27)40(37,38)29-14-8-22(3)9-15-29/h8-18,21,25H,19-20H2,1-7H3,(H,32,36)/t25-/m0/s1. The number of hydrogen-bond acceptors (Lipinski definition) is 5. The highest BCUT2D eigenvalue weighted by molar-refractivity contribution is 7.92. The summed E-state index contributed by atoms with van der Waals surface area (Å²) in [4.78, 5) is 28.5. The minimum Gasteiger partial charge on any atom is -0.497 e. The fraction of sp³-hybridized carbons (Fsp3) is 0.355. The van der Waals surface area contributed by atoms with E-state index in [-0.39, 0.29) is 23.4 Å². The lowest BCUT2D eigenvalue weighted by Gasteiger charge is -2.32. The van der Waals surface area contributed by atoms with Crippen LogP contribution in [0.2, 0.25) is 0 Å². The molecule has 9 heteroatoms. The van der Waals surface area contributed by atoms with Crippen LogP contribution >= 0.6 is 0 Å². The van der Waals surface area contributed by atoms with Gasteiger partial charge in [0, 0.05) is 12.6 Å². The highest BCUT2D eigenvalue weighted by Crippen LogP contribution is 2.27. The van der Waals surface area contributed by atoms with E-state index in [9.17, 15) is 18.0 Å². The monoisotopic (exact) mass is 565 g/mol. The van der Waals surface area contributed by atoms with Crippen LogP contribution in [0.3, 0.4) is 0 Å². The number of nitrogens with one attached hydrogen (secondary N) is 1. The van der Waals surface area contributed by atoms with Crippen LogP contribution in [0.5, 0.6) is 5.75 Å². The SMILES string of the molecule is COc1ccc(CN(C(=O)CN(c2cc(C)cc(C)c2)S(=O)(=O)c2ccc(C)cc2)[C@@H](C)C(=O)NC(C)C)cc1. The van der Waals surface area contributed by atoms with Gasteiger partial charge in [-0.2, -0.15) is 0 Å². The Bertz CT molecular complexity index is 1410. The van der Waals surface area contributed by atoms with Crippen LogP contribution in [0.1, 0.15) is 43.0 Å². The molecular formula is C31H39N3O5S. The summed E-state index contributed by atoms with van der Waals surface area (Å²) < 4.78 is 34.3. The molecule has 8 nitrogen and oxygen atoms in total. The maximum Gasteiger partial charge on any atom is 0.264 e. The number of carbonyl (C=O) groups is 2. The van der Waals surface area contributed by atoms with Crippen LogP contribution in [0.15, 0.2) is 71.6 Å². The Morgan fingerprint density at radius 1 is 0.850 bits per heavy atom. The molecule has 0 spiro atoms. The zero-order chi connectivity index (χ0) is 29.6. The van der Waals surface area contributed by atoms with Crippen LogP contribution in [0.25, 0.3) is 0 Å². The number of rotatable bonds is 11. The summed E-state index contributed by atoms with van der Waals surface area (Å²) in [6, 6.07) is 18.2. The van der Waals surface area contributed by atoms with Crippen molar-refractivity contribution >= 4 is 27.5 Å². The molecule has 1 N–H and O–H groups in total. The molecule has 0 saturated carbocycles. The summed E-state index contributed by atoms with van der Waals surface area (Å²) in [5.41, 5.74) is 3.81. The summed E-state index contributed by atoms with van der Waals surface area (Å²) in [5, 5.41) is 2.86. The van der Waals surface area contributed by atoms with E-state index in [0.717, 1.165) is 26.6 Å². The summed E-state index contributed by atoms with van der Waals surface area (Å²) in [5.74, 6) is -0.161. The number of benzene rings is 3. The normalized spacial score (nSPS) is 12.1. The van der Waals surface area contributed by atoms with Gasteiger partial charge in [-0.25, -0.2) is 8.42 Å². The molecule has 0 heterocycles. The van der Waals surface area contributed by atoms with E-state index in [4.69, 9.17) is 4.74 Å². The third-order valence-electron chi connectivity index (χ3n) is 6.49. The Balaban J connectivity index is 2.05. The number of hydrogen-bond donors (Lipinski definition) is 1. The van der Waals surface area contributed by atoms with Crippen LogP contribution in [-0.2, 0) is 26.2 Å². The zero-order valence-electron chi connectivity index (χ0n) is 24.3. The van der Waals surface area contributed by atoms with Crippen molar-refractivity contribution in [1.29, 1.82) is 0 Å². The van der Waals surface area contributed by atoms with Gasteiger partial charge < -0.3 is 15.0 Å². The van der Waals surface area contributed by atoms with Gasteiger partial charge in [0.2, 0.25) is 11.8 Å². The minimum absolute atomic E-state index is 0.0809. The third kappa shape index (κ3) is 7.63. The summed E-state index contributed by atoms with van der Waals surface area (Å²) >= 11 is 0. The van der Waals surface area contributed by atoms with Gasteiger partial charge in [0.25, 0.3) is 10.0 Å². The lowest BCUT2D eigenvalue weighted by molar-refractivity contribution is -0.139. The topological polar surface area (TPSA) is 96.0 Å². The zero-order valence-corrected chi connectivity index (χ0v) is 25.1. The first-order valence-corrected chi connectivity index (χ1v) is 14.7. The van der Waals surface area contributed by atoms with E-state index in [1.165, 1.54) is 4.90 Å². The largest absolute Gasteiger partial charge is 0.497 e. The molecular weight excluding hydrogens is 526 g/mol. The lowest BCUT2D eigenvalue weighted by Crippen LogP contribution is -2.52. The summed E-state index contributed by atoms with van der Waals surface area (Å²) in [6.07, 6.45) is 0. The molecule has 3 aromatic rings. The highest BCUT2D eigenvalue weighted by Gasteiger charge is 2.32. The Labute approximate surface area is 238 Å². The maximum atomic E-state index is 14.0. The van der Waals surface area contributed by atoms with Gasteiger partial charge >= 0.3 is 0 Å². The number of anilines is 1. The second-order valence-electron chi connectivity index (χ2n) is 10.4. The molecule has 214 valence electrons. The fourth-order valence-corrected chi connectivity index (χ4v) is 5.77. The molecule has 0 aliphatic heterocycles. The molecule has 3 aromatic carbocycles. The van der Waals surface area contributed by atoms with Crippen LogP contribution in [0.4, 0.5) is 5.69 Å². The Kier molecular flexibility index (Phi) is 9.98. The predicted molar refractivity (Wildman–Crippen MR) is 158 cm³/mol. The molecule has 0 bridgehead atoms. The van der Waals surface area contributed by atoms with Crippen molar-refractivity contribution in [3.63, 3.8) is 0 Å². The number of methoxy groups -OCH3 is 1. The van der Waals surface area contributed by atoms with Crippen molar-refractivity contribution in [3.8, 4) is 5.75 Å². The smallest absolute Gasteiger partial charge is 0.264 e. The van der Waals surface area contributed by atoms with Crippen LogP contribution in [-0.4, -0.2) is 50.9 Å². The van der Waals surface area contributed by atoms with Gasteiger partial charge in [-0.1, -0.05) is 35.9 Å². The summed E-state index contributed by atoms with van der Waals surface area (Å²) in [7, 11) is -2.54. The minimum atomic E-state index is -4.11. The first-order chi connectivity index (χ1) is 18.8. The highest BCUT2D eigenvalue weighted by atomic mass is 32.2. The quantitative estimate of drug-likeness (QED) is 0.362. The van der Waals surface area contributed by atoms with E-state index < -0.39 is 28.5 Å². The van der Waals surface area contributed by atoms with Crippen LogP contribution < -0.4 is 14.4 Å². The molecule has 1 atom stereocenters. The number of amides is 2. The van der Waals surface area contributed by atoms with Gasteiger partial charge in [-0.3, -0.25) is 13.9 Å². The second kappa shape index (κ2) is 13.0. The molecule has 0 saturated heterocycles. The van der Waals surface area contributed by atoms with E-state index in [1.54, 1.807) is 62.6 Å². The van der Waals surface area contributed by atoms with Crippen molar-refractivity contribution in [2.75, 3.05) is 18.0 Å². The van der Waals surface area contributed by atoms with Gasteiger partial charge in [-0.15, -0.1) is 0 Å². The molecule has 0 aliphatic carbocycles. The van der Waals surface area contributed by atoms with Gasteiger partial charge in [0.15, 0.2) is 0 Å². The first kappa shape index (κ1) is 30.7. The molecule has 0 unspecified atom stereocenters. The van der Waals surface area contributed by atoms with Crippen molar-refractivity contribution in [3.05, 3.63) is 89.0 Å². The molecule has 0 aliphatic rings. The van der Waals surface area contributed by atoms with E-state index in [1.807, 2.05) is 52.8 Å². The molecule has 3 rings (SSSR count). The number of ether oxygens (including phenoxy) is 1. The lowest BCUT2D eigenvalue weighted by atomic mass is 10.1. The average Bonchev–Trinajstić information content (AvgIpc) is 2.89. The predicted octanol–water partition coefficient (Wildman–Crippen LogP) is 4.76. The molecule has 2 amide bonds. The van der Waals surface area contributed by atoms with Gasteiger partial charge in [0.1, 0.15) is 18.3 Å². The molecule has 0 radical (unpaired) electrons. The van der Waals surface area contributed by atoms with Crippen LogP contribution in [0, 0.1) is 20.8 Å². The summed E-state index contributed by atoms with van der Waals surface area (Å²) in [6.45, 7) is 10.6. The Hall–Kier alpha value is -3.85.